The van der Waals surface area contributed by atoms with Crippen LogP contribution in [0.2, 0.25) is 0 Å². The molecule has 1 saturated heterocycles. The van der Waals surface area contributed by atoms with Crippen LogP contribution < -0.4 is 11.1 Å². The van der Waals surface area contributed by atoms with Gasteiger partial charge in [-0.3, -0.25) is 9.69 Å². The number of nitrogens with zero attached hydrogens (tertiary/aromatic N) is 3. The van der Waals surface area contributed by atoms with E-state index in [1.54, 1.807) is 17.5 Å². The Bertz CT molecular complexity index is 653. The summed E-state index contributed by atoms with van der Waals surface area (Å²) in [6, 6.07) is 5.92. The van der Waals surface area contributed by atoms with Gasteiger partial charge in [-0.15, -0.1) is 11.3 Å². The van der Waals surface area contributed by atoms with Gasteiger partial charge in [-0.2, -0.15) is 5.10 Å². The number of likely N-dealkylation sites (tertiary alicyclic amines) is 1. The molecule has 0 bridgehead atoms. The van der Waals surface area contributed by atoms with E-state index >= 15 is 0 Å². The highest BCUT2D eigenvalue weighted by Crippen LogP contribution is 2.28. The number of hydrogen-bond donors (Lipinski definition) is 2. The molecule has 1 aliphatic heterocycles. The average molecular weight is 333 g/mol. The Kier molecular flexibility index (Phi) is 4.79. The minimum absolute atomic E-state index is 0.000740. The summed E-state index contributed by atoms with van der Waals surface area (Å²) in [6.07, 6.45) is 2.76. The van der Waals surface area contributed by atoms with E-state index < -0.39 is 0 Å². The van der Waals surface area contributed by atoms with Gasteiger partial charge in [0, 0.05) is 17.5 Å². The molecule has 7 heteroatoms. The third-order valence-corrected chi connectivity index (χ3v) is 5.23. The number of thiophene rings is 1. The van der Waals surface area contributed by atoms with Gasteiger partial charge in [0.25, 0.3) is 0 Å². The van der Waals surface area contributed by atoms with Crippen LogP contribution in [0.15, 0.2) is 29.8 Å². The highest BCUT2D eigenvalue weighted by molar-refractivity contribution is 7.09. The summed E-state index contributed by atoms with van der Waals surface area (Å²) >= 11 is 1.68. The molecule has 1 unspecified atom stereocenters. The smallest absolute Gasteiger partial charge is 0.239 e. The molecule has 3 N–H and O–H groups in total. The summed E-state index contributed by atoms with van der Waals surface area (Å²) in [5, 5.41) is 9.30. The molecule has 1 amide bonds. The Hall–Kier alpha value is -1.70. The third-order valence-electron chi connectivity index (χ3n) is 4.37. The van der Waals surface area contributed by atoms with Gasteiger partial charge >= 0.3 is 0 Å². The minimum atomic E-state index is -0.000740. The number of nitrogens with one attached hydrogen (secondary N) is 1. The van der Waals surface area contributed by atoms with Crippen molar-refractivity contribution >= 4 is 23.1 Å². The van der Waals surface area contributed by atoms with Gasteiger partial charge in [-0.05, 0) is 36.4 Å². The summed E-state index contributed by atoms with van der Waals surface area (Å²) in [5.74, 6) is 0.739. The molecule has 1 aliphatic rings. The normalized spacial score (nSPS) is 21.7. The van der Waals surface area contributed by atoms with E-state index in [4.69, 9.17) is 5.73 Å². The molecule has 6 nitrogen and oxygen atoms in total. The van der Waals surface area contributed by atoms with E-state index in [1.807, 2.05) is 22.2 Å². The van der Waals surface area contributed by atoms with Gasteiger partial charge < -0.3 is 11.1 Å². The molecule has 0 radical (unpaired) electrons. The molecule has 0 aromatic carbocycles. The molecule has 0 saturated carbocycles. The lowest BCUT2D eigenvalue weighted by Gasteiger charge is -2.22. The van der Waals surface area contributed by atoms with Crippen molar-refractivity contribution in [3.8, 4) is 0 Å². The molecule has 2 aromatic heterocycles. The van der Waals surface area contributed by atoms with Crippen molar-refractivity contribution in [2.75, 3.05) is 31.5 Å². The predicted molar refractivity (Wildman–Crippen MR) is 92.5 cm³/mol. The Balaban J connectivity index is 1.56. The summed E-state index contributed by atoms with van der Waals surface area (Å²) < 4.78 is 1.82. The van der Waals surface area contributed by atoms with Crippen LogP contribution in [0.25, 0.3) is 0 Å². The topological polar surface area (TPSA) is 76.2 Å². The van der Waals surface area contributed by atoms with Crippen molar-refractivity contribution in [1.82, 2.24) is 14.7 Å². The zero-order chi connectivity index (χ0) is 16.3. The maximum Gasteiger partial charge on any atom is 0.239 e. The number of anilines is 1. The van der Waals surface area contributed by atoms with Crippen LogP contribution in [-0.2, 0) is 11.3 Å². The molecule has 3 rings (SSSR count). The van der Waals surface area contributed by atoms with Gasteiger partial charge in [0.1, 0.15) is 5.82 Å². The molecule has 124 valence electrons. The first-order chi connectivity index (χ1) is 11.1. The quantitative estimate of drug-likeness (QED) is 0.842. The van der Waals surface area contributed by atoms with Crippen molar-refractivity contribution in [2.45, 2.75) is 19.9 Å². The Morgan fingerprint density at radius 3 is 3.09 bits per heavy atom. The number of carbonyl (C=O) groups excluding carboxylic acids is 1. The van der Waals surface area contributed by atoms with Crippen molar-refractivity contribution < 1.29 is 4.79 Å². The molecule has 23 heavy (non-hydrogen) atoms. The first-order valence-electron chi connectivity index (χ1n) is 7.84. The number of amides is 1. The number of aromatic nitrogens is 2. The van der Waals surface area contributed by atoms with E-state index in [2.05, 4.69) is 28.3 Å². The number of hydrogen-bond acceptors (Lipinski definition) is 5. The second-order valence-electron chi connectivity index (χ2n) is 6.48. The minimum Gasteiger partial charge on any atom is -0.330 e. The fourth-order valence-corrected chi connectivity index (χ4v) is 3.61. The van der Waals surface area contributed by atoms with E-state index in [0.29, 0.717) is 19.6 Å². The first kappa shape index (κ1) is 16.2. The van der Waals surface area contributed by atoms with Crippen molar-refractivity contribution in [1.29, 1.82) is 0 Å². The fraction of sp³-hybridized carbons (Fsp3) is 0.500. The lowest BCUT2D eigenvalue weighted by Crippen LogP contribution is -2.35. The van der Waals surface area contributed by atoms with Crippen LogP contribution >= 0.6 is 11.3 Å². The van der Waals surface area contributed by atoms with E-state index in [0.717, 1.165) is 25.3 Å². The number of nitrogens with two attached hydrogens (primary N) is 1. The van der Waals surface area contributed by atoms with Crippen LogP contribution in [0.3, 0.4) is 0 Å². The lowest BCUT2D eigenvalue weighted by atomic mass is 9.90. The van der Waals surface area contributed by atoms with Crippen LogP contribution in [0.4, 0.5) is 5.82 Å². The van der Waals surface area contributed by atoms with Crippen LogP contribution in [0.1, 0.15) is 18.2 Å². The van der Waals surface area contributed by atoms with Gasteiger partial charge in [0.2, 0.25) is 5.91 Å². The van der Waals surface area contributed by atoms with Crippen LogP contribution in [0, 0.1) is 5.41 Å². The fourth-order valence-electron chi connectivity index (χ4n) is 2.93. The van der Waals surface area contributed by atoms with Crippen molar-refractivity contribution in [3.63, 3.8) is 0 Å². The molecular weight excluding hydrogens is 310 g/mol. The SMILES string of the molecule is CC1(CN)CCN(CC(=O)Nc2ccnn2Cc2cccs2)C1. The molecule has 0 aliphatic carbocycles. The first-order valence-corrected chi connectivity index (χ1v) is 8.72. The van der Waals surface area contributed by atoms with Gasteiger partial charge in [-0.1, -0.05) is 13.0 Å². The maximum atomic E-state index is 12.3. The highest BCUT2D eigenvalue weighted by Gasteiger charge is 2.33. The Morgan fingerprint density at radius 1 is 1.52 bits per heavy atom. The number of carbonyl (C=O) groups is 1. The third kappa shape index (κ3) is 3.99. The molecule has 1 atom stereocenters. The zero-order valence-corrected chi connectivity index (χ0v) is 14.2. The van der Waals surface area contributed by atoms with Gasteiger partial charge in [0.15, 0.2) is 0 Å². The largest absolute Gasteiger partial charge is 0.330 e. The molecule has 2 aromatic rings. The maximum absolute atomic E-state index is 12.3. The Labute approximate surface area is 140 Å². The highest BCUT2D eigenvalue weighted by atomic mass is 32.1. The summed E-state index contributed by atoms with van der Waals surface area (Å²) in [7, 11) is 0. The van der Waals surface area contributed by atoms with E-state index in [-0.39, 0.29) is 11.3 Å². The molecule has 1 fully saturated rings. The number of rotatable bonds is 6. The summed E-state index contributed by atoms with van der Waals surface area (Å²) in [6.45, 7) is 5.73. The van der Waals surface area contributed by atoms with Crippen LogP contribution in [0.5, 0.6) is 0 Å². The second-order valence-corrected chi connectivity index (χ2v) is 7.51. The van der Waals surface area contributed by atoms with E-state index in [9.17, 15) is 4.79 Å². The standard InChI is InChI=1S/C16H23N5OS/c1-16(11-17)5-7-20(12-16)10-15(22)19-14-4-6-18-21(14)9-13-3-2-8-23-13/h2-4,6,8H,5,7,9-12,17H2,1H3,(H,19,22). The molecular formula is C16H23N5OS. The summed E-state index contributed by atoms with van der Waals surface area (Å²) in [4.78, 5) is 15.7. The lowest BCUT2D eigenvalue weighted by molar-refractivity contribution is -0.117. The van der Waals surface area contributed by atoms with Gasteiger partial charge in [0.05, 0.1) is 19.3 Å². The summed E-state index contributed by atoms with van der Waals surface area (Å²) in [5.41, 5.74) is 5.96. The van der Waals surface area contributed by atoms with Gasteiger partial charge in [-0.25, -0.2) is 4.68 Å². The predicted octanol–water partition coefficient (Wildman–Crippen LogP) is 1.60. The monoisotopic (exact) mass is 333 g/mol. The molecule has 0 spiro atoms. The van der Waals surface area contributed by atoms with Crippen molar-refractivity contribution in [3.05, 3.63) is 34.7 Å². The average Bonchev–Trinajstić information content (AvgIpc) is 3.24. The van der Waals surface area contributed by atoms with E-state index in [1.165, 1.54) is 4.88 Å². The molecule has 3 heterocycles. The second kappa shape index (κ2) is 6.82. The van der Waals surface area contributed by atoms with Crippen LogP contribution in [-0.4, -0.2) is 46.8 Å². The zero-order valence-electron chi connectivity index (χ0n) is 13.4. The Morgan fingerprint density at radius 2 is 2.39 bits per heavy atom. The van der Waals surface area contributed by atoms with Crippen molar-refractivity contribution in [2.24, 2.45) is 11.1 Å².